The molecule has 0 N–H and O–H groups in total. The van der Waals surface area contributed by atoms with Crippen LogP contribution >= 0.6 is 0 Å². The number of cyclic esters (lactones) is 1. The summed E-state index contributed by atoms with van der Waals surface area (Å²) in [5.74, 6) is 0.499. The van der Waals surface area contributed by atoms with Crippen molar-refractivity contribution in [2.75, 3.05) is 34.3 Å². The van der Waals surface area contributed by atoms with Crippen LogP contribution in [0.4, 0.5) is 4.79 Å². The number of esters is 1. The Bertz CT molecular complexity index is 819. The number of hydrogen-bond donors (Lipinski definition) is 0. The van der Waals surface area contributed by atoms with Crippen molar-refractivity contribution in [2.45, 2.75) is 45.6 Å². The van der Waals surface area contributed by atoms with Gasteiger partial charge in [0.1, 0.15) is 5.75 Å². The number of unbranched alkanes of at least 4 members (excludes halogenated alkanes) is 3. The Hall–Kier alpha value is -3.03. The molecule has 2 rings (SSSR count). The first-order chi connectivity index (χ1) is 14.8. The highest BCUT2D eigenvalue weighted by Gasteiger charge is 2.24. The lowest BCUT2D eigenvalue weighted by molar-refractivity contribution is -0.130. The summed E-state index contributed by atoms with van der Waals surface area (Å²) in [6, 6.07) is 7.24. The molecule has 0 unspecified atom stereocenters. The van der Waals surface area contributed by atoms with Crippen LogP contribution in [-0.2, 0) is 14.3 Å². The average Bonchev–Trinajstić information content (AvgIpc) is 3.10. The van der Waals surface area contributed by atoms with E-state index >= 15 is 0 Å². The second-order valence-electron chi connectivity index (χ2n) is 7.80. The van der Waals surface area contributed by atoms with E-state index in [1.807, 2.05) is 44.0 Å². The van der Waals surface area contributed by atoms with Gasteiger partial charge >= 0.3 is 12.1 Å². The molecule has 1 heterocycles. The summed E-state index contributed by atoms with van der Waals surface area (Å²) in [6.07, 6.45) is 5.28. The fraction of sp³-hybridized carbons (Fsp3) is 0.522. The van der Waals surface area contributed by atoms with Gasteiger partial charge in [0.05, 0.1) is 13.2 Å². The number of aliphatic imine (C=N–C) groups is 1. The topological polar surface area (TPSA) is 80.7 Å². The number of ether oxygens (including phenoxy) is 3. The van der Waals surface area contributed by atoms with Gasteiger partial charge in [-0.15, -0.1) is 0 Å². The van der Waals surface area contributed by atoms with E-state index in [1.54, 1.807) is 31.3 Å². The predicted molar refractivity (Wildman–Crippen MR) is 119 cm³/mol. The summed E-state index contributed by atoms with van der Waals surface area (Å²) < 4.78 is 15.7. The second kappa shape index (κ2) is 12.0. The largest absolute Gasteiger partial charge is 0.497 e. The Morgan fingerprint density at radius 1 is 1.16 bits per heavy atom. The van der Waals surface area contributed by atoms with Crippen LogP contribution in [-0.4, -0.2) is 68.2 Å². The lowest BCUT2D eigenvalue weighted by Gasteiger charge is -2.18. The number of methoxy groups -OCH3 is 1. The fourth-order valence-electron chi connectivity index (χ4n) is 3.00. The molecule has 0 atom stereocenters. The van der Waals surface area contributed by atoms with Crippen LogP contribution in [0.25, 0.3) is 0 Å². The third kappa shape index (κ3) is 7.96. The summed E-state index contributed by atoms with van der Waals surface area (Å²) in [7, 11) is 5.25. The van der Waals surface area contributed by atoms with E-state index in [4.69, 9.17) is 14.2 Å². The van der Waals surface area contributed by atoms with Crippen molar-refractivity contribution in [1.29, 1.82) is 0 Å². The van der Waals surface area contributed by atoms with Gasteiger partial charge in [0.25, 0.3) is 0 Å². The van der Waals surface area contributed by atoms with E-state index in [0.29, 0.717) is 17.9 Å². The number of hydrogen-bond acceptors (Lipinski definition) is 7. The Labute approximate surface area is 184 Å². The maximum Gasteiger partial charge on any atom is 0.409 e. The second-order valence-corrected chi connectivity index (χ2v) is 7.80. The summed E-state index contributed by atoms with van der Waals surface area (Å²) in [5.41, 5.74) is 0.978. The number of amides is 1. The minimum Gasteiger partial charge on any atom is -0.497 e. The maximum atomic E-state index is 12.1. The zero-order chi connectivity index (χ0) is 22.8. The zero-order valence-electron chi connectivity index (χ0n) is 19.1. The van der Waals surface area contributed by atoms with E-state index in [0.717, 1.165) is 32.2 Å². The number of nitrogens with zero attached hydrogens (tertiary/aromatic N) is 3. The number of rotatable bonds is 11. The van der Waals surface area contributed by atoms with Gasteiger partial charge in [0.2, 0.25) is 5.90 Å². The molecular weight excluding hydrogens is 398 g/mol. The normalized spacial score (nSPS) is 14.5. The fourth-order valence-corrected chi connectivity index (χ4v) is 3.00. The van der Waals surface area contributed by atoms with Crippen LogP contribution in [0.1, 0.15) is 45.1 Å². The molecule has 8 nitrogen and oxygen atoms in total. The minimum absolute atomic E-state index is 0.104. The highest BCUT2D eigenvalue weighted by Crippen LogP contribution is 2.20. The van der Waals surface area contributed by atoms with E-state index in [-0.39, 0.29) is 23.8 Å². The van der Waals surface area contributed by atoms with Gasteiger partial charge in [-0.25, -0.2) is 14.6 Å². The lowest BCUT2D eigenvalue weighted by atomic mass is 10.2. The van der Waals surface area contributed by atoms with Crippen LogP contribution in [0.2, 0.25) is 0 Å². The van der Waals surface area contributed by atoms with E-state index in [1.165, 1.54) is 0 Å². The van der Waals surface area contributed by atoms with Crippen LogP contribution < -0.4 is 4.74 Å². The number of benzene rings is 1. The van der Waals surface area contributed by atoms with E-state index in [9.17, 15) is 9.59 Å². The molecule has 8 heteroatoms. The predicted octanol–water partition coefficient (Wildman–Crippen LogP) is 3.81. The van der Waals surface area contributed by atoms with Crippen molar-refractivity contribution >= 4 is 18.0 Å². The first-order valence-electron chi connectivity index (χ1n) is 10.6. The molecule has 0 saturated heterocycles. The van der Waals surface area contributed by atoms with Gasteiger partial charge in [-0.05, 0) is 44.9 Å². The molecule has 170 valence electrons. The Balaban J connectivity index is 1.73. The summed E-state index contributed by atoms with van der Waals surface area (Å²) >= 11 is 0. The highest BCUT2D eigenvalue weighted by atomic mass is 16.6. The first-order valence-corrected chi connectivity index (χ1v) is 10.6. The SMILES string of the molecule is COc1cccc(C2=N/C(=C/N(C)CCCCCCN(C)C(=O)OC(C)C)C(=O)O2)c1. The average molecular weight is 432 g/mol. The quantitative estimate of drug-likeness (QED) is 0.301. The molecule has 1 aliphatic rings. The molecule has 1 aromatic carbocycles. The van der Waals surface area contributed by atoms with Gasteiger partial charge in [-0.2, -0.15) is 0 Å². The molecule has 1 amide bonds. The van der Waals surface area contributed by atoms with Crippen LogP contribution in [0.3, 0.4) is 0 Å². The van der Waals surface area contributed by atoms with Crippen molar-refractivity contribution in [3.63, 3.8) is 0 Å². The van der Waals surface area contributed by atoms with Crippen molar-refractivity contribution in [3.05, 3.63) is 41.7 Å². The Morgan fingerprint density at radius 3 is 2.55 bits per heavy atom. The van der Waals surface area contributed by atoms with Gasteiger partial charge in [0, 0.05) is 38.9 Å². The summed E-state index contributed by atoms with van der Waals surface area (Å²) in [6.45, 7) is 5.16. The maximum absolute atomic E-state index is 12.1. The number of carbonyl (C=O) groups is 2. The van der Waals surface area contributed by atoms with E-state index < -0.39 is 5.97 Å². The lowest BCUT2D eigenvalue weighted by Crippen LogP contribution is -2.30. The minimum atomic E-state index is -0.457. The van der Waals surface area contributed by atoms with Crippen molar-refractivity contribution < 1.29 is 23.8 Å². The first kappa shape index (κ1) is 24.2. The molecule has 31 heavy (non-hydrogen) atoms. The molecule has 0 bridgehead atoms. The summed E-state index contributed by atoms with van der Waals surface area (Å²) in [5, 5.41) is 0. The van der Waals surface area contributed by atoms with Crippen LogP contribution in [0, 0.1) is 0 Å². The van der Waals surface area contributed by atoms with Crippen molar-refractivity contribution in [1.82, 2.24) is 9.80 Å². The Kier molecular flexibility index (Phi) is 9.37. The third-order valence-corrected chi connectivity index (χ3v) is 4.68. The monoisotopic (exact) mass is 431 g/mol. The molecule has 1 aliphatic heterocycles. The standard InChI is InChI=1S/C23H33N3O5/c1-17(2)30-23(28)26(4)14-9-7-6-8-13-25(3)16-20-22(27)31-21(24-20)18-11-10-12-19(15-18)29-5/h10-12,15-17H,6-9,13-14H2,1-5H3/b20-16+. The van der Waals surface area contributed by atoms with Gasteiger partial charge in [0.15, 0.2) is 5.70 Å². The molecule has 0 aliphatic carbocycles. The van der Waals surface area contributed by atoms with Gasteiger partial charge in [-0.1, -0.05) is 18.9 Å². The molecule has 0 fully saturated rings. The number of carbonyl (C=O) groups excluding carboxylic acids is 2. The molecular formula is C23H33N3O5. The van der Waals surface area contributed by atoms with Crippen molar-refractivity contribution in [3.8, 4) is 5.75 Å². The highest BCUT2D eigenvalue weighted by molar-refractivity contribution is 6.11. The third-order valence-electron chi connectivity index (χ3n) is 4.68. The molecule has 0 aromatic heterocycles. The van der Waals surface area contributed by atoms with E-state index in [2.05, 4.69) is 4.99 Å². The summed E-state index contributed by atoms with van der Waals surface area (Å²) in [4.78, 5) is 31.8. The van der Waals surface area contributed by atoms with Crippen molar-refractivity contribution in [2.24, 2.45) is 4.99 Å². The van der Waals surface area contributed by atoms with Gasteiger partial charge < -0.3 is 24.0 Å². The van der Waals surface area contributed by atoms with Gasteiger partial charge in [-0.3, -0.25) is 0 Å². The zero-order valence-corrected chi connectivity index (χ0v) is 19.1. The molecule has 0 saturated carbocycles. The van der Waals surface area contributed by atoms with Crippen LogP contribution in [0.15, 0.2) is 41.2 Å². The van der Waals surface area contributed by atoms with Crippen LogP contribution in [0.5, 0.6) is 5.75 Å². The smallest absolute Gasteiger partial charge is 0.409 e. The Morgan fingerprint density at radius 2 is 1.87 bits per heavy atom. The molecule has 0 radical (unpaired) electrons. The molecule has 0 spiro atoms. The molecule has 1 aromatic rings.